The van der Waals surface area contributed by atoms with Gasteiger partial charge in [-0.2, -0.15) is 0 Å². The van der Waals surface area contributed by atoms with Crippen molar-refractivity contribution >= 4 is 5.69 Å². The van der Waals surface area contributed by atoms with Gasteiger partial charge in [-0.05, 0) is 32.9 Å². The lowest BCUT2D eigenvalue weighted by Gasteiger charge is -2.41. The standard InChI is InChI=1S/C12H20N/c1-12(2,3)13(4,5)11-9-7-6-8-10-11/h6-10H,1-5H3/q+1. The van der Waals surface area contributed by atoms with Crippen LogP contribution >= 0.6 is 0 Å². The predicted octanol–water partition coefficient (Wildman–Crippen LogP) is 3.05. The summed E-state index contributed by atoms with van der Waals surface area (Å²) in [6.45, 7) is 6.79. The molecule has 0 N–H and O–H groups in total. The summed E-state index contributed by atoms with van der Waals surface area (Å²) in [7, 11) is 4.49. The SMILES string of the molecule is CC(C)(C)[N+](C)(C)c1ccccc1. The predicted molar refractivity (Wildman–Crippen MR) is 59.8 cm³/mol. The molecule has 0 bridgehead atoms. The van der Waals surface area contributed by atoms with Crippen LogP contribution in [0.2, 0.25) is 0 Å². The fourth-order valence-corrected chi connectivity index (χ4v) is 1.19. The highest BCUT2D eigenvalue weighted by molar-refractivity contribution is 5.42. The molecule has 72 valence electrons. The Morgan fingerprint density at radius 3 is 1.77 bits per heavy atom. The summed E-state index contributed by atoms with van der Waals surface area (Å²) < 4.78 is 0.911. The first-order valence-corrected chi connectivity index (χ1v) is 4.75. The summed E-state index contributed by atoms with van der Waals surface area (Å²) in [4.78, 5) is 0. The second-order valence-electron chi connectivity index (χ2n) is 4.96. The normalized spacial score (nSPS) is 13.0. The minimum Gasteiger partial charge on any atom is -0.292 e. The molecule has 0 amide bonds. The lowest BCUT2D eigenvalue weighted by atomic mass is 10.0. The van der Waals surface area contributed by atoms with E-state index in [9.17, 15) is 0 Å². The molecule has 13 heavy (non-hydrogen) atoms. The van der Waals surface area contributed by atoms with Crippen LogP contribution in [0.5, 0.6) is 0 Å². The molecule has 0 saturated heterocycles. The van der Waals surface area contributed by atoms with E-state index in [2.05, 4.69) is 65.2 Å². The van der Waals surface area contributed by atoms with E-state index in [1.165, 1.54) is 5.69 Å². The number of hydrogen-bond donors (Lipinski definition) is 0. The second-order valence-corrected chi connectivity index (χ2v) is 4.96. The van der Waals surface area contributed by atoms with Crippen LogP contribution in [0.25, 0.3) is 0 Å². The summed E-state index contributed by atoms with van der Waals surface area (Å²) >= 11 is 0. The molecule has 0 aliphatic rings. The van der Waals surface area contributed by atoms with Crippen LogP contribution in [0.15, 0.2) is 30.3 Å². The van der Waals surface area contributed by atoms with Crippen molar-refractivity contribution < 1.29 is 0 Å². The average Bonchev–Trinajstić information content (AvgIpc) is 2.04. The molecule has 0 aromatic heterocycles. The van der Waals surface area contributed by atoms with Gasteiger partial charge in [-0.25, -0.2) is 0 Å². The van der Waals surface area contributed by atoms with Crippen LogP contribution < -0.4 is 4.48 Å². The van der Waals surface area contributed by atoms with Crippen LogP contribution in [0.1, 0.15) is 20.8 Å². The maximum atomic E-state index is 2.26. The summed E-state index contributed by atoms with van der Waals surface area (Å²) in [6, 6.07) is 10.6. The van der Waals surface area contributed by atoms with Crippen molar-refractivity contribution in [1.29, 1.82) is 0 Å². The molecule has 0 atom stereocenters. The molecule has 0 heterocycles. The molecular formula is C12H20N+. The molecule has 1 rings (SSSR count). The lowest BCUT2D eigenvalue weighted by molar-refractivity contribution is 0.219. The fraction of sp³-hybridized carbons (Fsp3) is 0.500. The zero-order chi connectivity index (χ0) is 10.1. The highest BCUT2D eigenvalue weighted by Crippen LogP contribution is 2.28. The highest BCUT2D eigenvalue weighted by atomic mass is 15.4. The first kappa shape index (κ1) is 10.3. The zero-order valence-corrected chi connectivity index (χ0v) is 9.33. The van der Waals surface area contributed by atoms with E-state index in [1.807, 2.05) is 0 Å². The van der Waals surface area contributed by atoms with Gasteiger partial charge in [0.2, 0.25) is 0 Å². The second kappa shape index (κ2) is 3.15. The summed E-state index contributed by atoms with van der Waals surface area (Å²) in [6.07, 6.45) is 0. The van der Waals surface area contributed by atoms with E-state index in [0.717, 1.165) is 4.48 Å². The van der Waals surface area contributed by atoms with Crippen LogP contribution in [0, 0.1) is 0 Å². The molecule has 0 saturated carbocycles. The fourth-order valence-electron chi connectivity index (χ4n) is 1.19. The number of nitrogens with zero attached hydrogens (tertiary/aromatic N) is 1. The van der Waals surface area contributed by atoms with Crippen molar-refractivity contribution in [2.45, 2.75) is 26.3 Å². The monoisotopic (exact) mass is 178 g/mol. The Hall–Kier alpha value is -0.820. The summed E-state index contributed by atoms with van der Waals surface area (Å²) in [5.41, 5.74) is 1.59. The molecule has 1 aromatic rings. The van der Waals surface area contributed by atoms with E-state index in [4.69, 9.17) is 0 Å². The summed E-state index contributed by atoms with van der Waals surface area (Å²) in [5, 5.41) is 0. The van der Waals surface area contributed by atoms with E-state index in [0.29, 0.717) is 0 Å². The van der Waals surface area contributed by atoms with Crippen molar-refractivity contribution in [3.63, 3.8) is 0 Å². The van der Waals surface area contributed by atoms with E-state index in [1.54, 1.807) is 0 Å². The molecule has 0 fully saturated rings. The minimum absolute atomic E-state index is 0.237. The van der Waals surface area contributed by atoms with Gasteiger partial charge in [0.15, 0.2) is 0 Å². The van der Waals surface area contributed by atoms with Gasteiger partial charge in [-0.3, -0.25) is 4.48 Å². The Kier molecular flexibility index (Phi) is 2.49. The van der Waals surface area contributed by atoms with Crippen molar-refractivity contribution in [3.8, 4) is 0 Å². The molecule has 0 aliphatic heterocycles. The van der Waals surface area contributed by atoms with E-state index in [-0.39, 0.29) is 5.54 Å². The van der Waals surface area contributed by atoms with Crippen LogP contribution in [0.4, 0.5) is 5.69 Å². The Labute approximate surface area is 81.6 Å². The topological polar surface area (TPSA) is 0 Å². The number of benzene rings is 1. The molecule has 0 aliphatic carbocycles. The molecule has 1 aromatic carbocycles. The smallest absolute Gasteiger partial charge is 0.132 e. The number of hydrogen-bond acceptors (Lipinski definition) is 0. The van der Waals surface area contributed by atoms with Gasteiger partial charge >= 0.3 is 0 Å². The zero-order valence-electron chi connectivity index (χ0n) is 9.33. The first-order chi connectivity index (χ1) is 5.86. The maximum Gasteiger partial charge on any atom is 0.132 e. The highest BCUT2D eigenvalue weighted by Gasteiger charge is 2.33. The lowest BCUT2D eigenvalue weighted by Crippen LogP contribution is -2.55. The maximum absolute atomic E-state index is 2.26. The van der Waals surface area contributed by atoms with Gasteiger partial charge in [0.1, 0.15) is 5.69 Å². The van der Waals surface area contributed by atoms with Gasteiger partial charge in [-0.15, -0.1) is 0 Å². The van der Waals surface area contributed by atoms with Gasteiger partial charge in [0.25, 0.3) is 0 Å². The first-order valence-electron chi connectivity index (χ1n) is 4.75. The van der Waals surface area contributed by atoms with Crippen molar-refractivity contribution in [2.75, 3.05) is 14.1 Å². The Balaban J connectivity index is 3.08. The third-order valence-electron chi connectivity index (χ3n) is 3.08. The van der Waals surface area contributed by atoms with Gasteiger partial charge in [0.05, 0.1) is 19.6 Å². The molecular weight excluding hydrogens is 158 g/mol. The van der Waals surface area contributed by atoms with E-state index < -0.39 is 0 Å². The average molecular weight is 178 g/mol. The quantitative estimate of drug-likeness (QED) is 0.580. The number of para-hydroxylation sites is 1. The third-order valence-corrected chi connectivity index (χ3v) is 3.08. The number of rotatable bonds is 1. The summed E-state index contributed by atoms with van der Waals surface area (Å²) in [5.74, 6) is 0. The van der Waals surface area contributed by atoms with Crippen molar-refractivity contribution in [1.82, 2.24) is 4.48 Å². The van der Waals surface area contributed by atoms with Crippen molar-refractivity contribution in [2.24, 2.45) is 0 Å². The van der Waals surface area contributed by atoms with Crippen LogP contribution in [0.3, 0.4) is 0 Å². The largest absolute Gasteiger partial charge is 0.292 e. The molecule has 0 spiro atoms. The molecule has 1 heteroatoms. The Morgan fingerprint density at radius 2 is 1.38 bits per heavy atom. The van der Waals surface area contributed by atoms with Gasteiger partial charge in [0, 0.05) is 0 Å². The van der Waals surface area contributed by atoms with E-state index >= 15 is 0 Å². The van der Waals surface area contributed by atoms with Gasteiger partial charge in [-0.1, -0.05) is 18.2 Å². The van der Waals surface area contributed by atoms with Crippen LogP contribution in [-0.2, 0) is 0 Å². The molecule has 0 radical (unpaired) electrons. The van der Waals surface area contributed by atoms with Crippen molar-refractivity contribution in [3.05, 3.63) is 30.3 Å². The van der Waals surface area contributed by atoms with Gasteiger partial charge < -0.3 is 0 Å². The third kappa shape index (κ3) is 1.92. The number of quaternary nitrogens is 1. The molecule has 0 unspecified atom stereocenters. The minimum atomic E-state index is 0.237. The Bertz CT molecular complexity index is 267. The Morgan fingerprint density at radius 1 is 0.923 bits per heavy atom. The van der Waals surface area contributed by atoms with Crippen LogP contribution in [-0.4, -0.2) is 19.6 Å². The molecule has 1 nitrogen and oxygen atoms in total.